The molecule has 1 fully saturated rings. The monoisotopic (exact) mass is 297 g/mol. The Morgan fingerprint density at radius 1 is 1.65 bits per heavy atom. The van der Waals surface area contributed by atoms with E-state index >= 15 is 0 Å². The zero-order valence-electron chi connectivity index (χ0n) is 10.1. The zero-order valence-corrected chi connectivity index (χ0v) is 11.7. The van der Waals surface area contributed by atoms with Crippen LogP contribution in [-0.4, -0.2) is 18.1 Å². The summed E-state index contributed by atoms with van der Waals surface area (Å²) in [4.78, 5) is 15.5. The number of carbonyl (C=O) groups is 1. The van der Waals surface area contributed by atoms with Crippen LogP contribution in [0.5, 0.6) is 0 Å². The van der Waals surface area contributed by atoms with E-state index in [0.29, 0.717) is 12.3 Å². The molecule has 2 unspecified atom stereocenters. The number of esters is 1. The molecule has 4 heteroatoms. The van der Waals surface area contributed by atoms with Crippen molar-refractivity contribution < 1.29 is 9.53 Å². The normalized spacial score (nSPS) is 26.6. The molecule has 0 aromatic carbocycles. The lowest BCUT2D eigenvalue weighted by Gasteiger charge is -2.09. The van der Waals surface area contributed by atoms with E-state index in [0.717, 1.165) is 23.0 Å². The lowest BCUT2D eigenvalue weighted by atomic mass is 9.98. The van der Waals surface area contributed by atoms with Crippen molar-refractivity contribution in [2.45, 2.75) is 32.1 Å². The summed E-state index contributed by atoms with van der Waals surface area (Å²) in [5.74, 6) is 0.362. The molecule has 0 amide bonds. The molecule has 3 nitrogen and oxygen atoms in total. The minimum absolute atomic E-state index is 0.124. The quantitative estimate of drug-likeness (QED) is 0.801. The average molecular weight is 298 g/mol. The lowest BCUT2D eigenvalue weighted by Crippen LogP contribution is -2.06. The second-order valence-electron chi connectivity index (χ2n) is 4.89. The van der Waals surface area contributed by atoms with Gasteiger partial charge in [-0.1, -0.05) is 6.92 Å². The molecule has 92 valence electrons. The fraction of sp³-hybridized carbons (Fsp3) is 0.538. The van der Waals surface area contributed by atoms with Crippen LogP contribution in [0.25, 0.3) is 0 Å². The van der Waals surface area contributed by atoms with Crippen LogP contribution in [0.15, 0.2) is 22.8 Å². The number of ether oxygens (including phenoxy) is 1. The highest BCUT2D eigenvalue weighted by atomic mass is 79.9. The van der Waals surface area contributed by atoms with Crippen LogP contribution in [0.2, 0.25) is 0 Å². The summed E-state index contributed by atoms with van der Waals surface area (Å²) in [6, 6.07) is 4.07. The van der Waals surface area contributed by atoms with Crippen molar-refractivity contribution >= 4 is 21.9 Å². The van der Waals surface area contributed by atoms with Gasteiger partial charge in [-0.3, -0.25) is 9.78 Å². The van der Waals surface area contributed by atoms with Gasteiger partial charge in [0.25, 0.3) is 0 Å². The van der Waals surface area contributed by atoms with E-state index in [-0.39, 0.29) is 11.4 Å². The van der Waals surface area contributed by atoms with Crippen LogP contribution in [0.1, 0.15) is 37.8 Å². The molecule has 1 aromatic rings. The molecule has 1 saturated carbocycles. The number of nitrogens with zero attached hydrogens (tertiary/aromatic N) is 1. The highest BCUT2D eigenvalue weighted by Gasteiger charge is 2.51. The van der Waals surface area contributed by atoms with Gasteiger partial charge >= 0.3 is 5.97 Å². The summed E-state index contributed by atoms with van der Waals surface area (Å²) in [6.07, 6.45) is 4.31. The second-order valence-corrected chi connectivity index (χ2v) is 5.80. The van der Waals surface area contributed by atoms with Gasteiger partial charge in [0, 0.05) is 28.7 Å². The third-order valence-corrected chi connectivity index (χ3v) is 4.06. The van der Waals surface area contributed by atoms with E-state index in [1.807, 2.05) is 12.3 Å². The molecule has 0 N–H and O–H groups in total. The van der Waals surface area contributed by atoms with E-state index in [4.69, 9.17) is 0 Å². The SMILES string of the molecule is COC(=O)CCC1(C)CC1c1ccc(Br)cn1. The first kappa shape index (κ1) is 12.6. The van der Waals surface area contributed by atoms with Crippen molar-refractivity contribution in [3.63, 3.8) is 0 Å². The molecule has 0 radical (unpaired) electrons. The highest BCUT2D eigenvalue weighted by Crippen LogP contribution is 2.61. The first-order valence-electron chi connectivity index (χ1n) is 5.73. The largest absolute Gasteiger partial charge is 0.469 e. The van der Waals surface area contributed by atoms with Gasteiger partial charge in [-0.05, 0) is 46.3 Å². The van der Waals surface area contributed by atoms with Crippen molar-refractivity contribution in [2.75, 3.05) is 7.11 Å². The van der Waals surface area contributed by atoms with Gasteiger partial charge in [-0.2, -0.15) is 0 Å². The van der Waals surface area contributed by atoms with Gasteiger partial charge in [0.1, 0.15) is 0 Å². The lowest BCUT2D eigenvalue weighted by molar-refractivity contribution is -0.141. The maximum atomic E-state index is 11.1. The predicted octanol–water partition coefficient (Wildman–Crippen LogP) is 3.29. The maximum absolute atomic E-state index is 11.1. The van der Waals surface area contributed by atoms with Crippen molar-refractivity contribution in [3.05, 3.63) is 28.5 Å². The van der Waals surface area contributed by atoms with Crippen LogP contribution in [0, 0.1) is 5.41 Å². The number of methoxy groups -OCH3 is 1. The van der Waals surface area contributed by atoms with E-state index in [2.05, 4.69) is 38.6 Å². The summed E-state index contributed by atoms with van der Waals surface area (Å²) in [5, 5.41) is 0. The van der Waals surface area contributed by atoms with Crippen LogP contribution >= 0.6 is 15.9 Å². The van der Waals surface area contributed by atoms with Gasteiger partial charge < -0.3 is 4.74 Å². The predicted molar refractivity (Wildman–Crippen MR) is 68.7 cm³/mol. The average Bonchev–Trinajstić information content (AvgIpc) is 3.00. The Morgan fingerprint density at radius 2 is 2.41 bits per heavy atom. The van der Waals surface area contributed by atoms with Crippen LogP contribution < -0.4 is 0 Å². The number of rotatable bonds is 4. The zero-order chi connectivity index (χ0) is 12.5. The minimum atomic E-state index is -0.124. The number of halogens is 1. The van der Waals surface area contributed by atoms with Gasteiger partial charge in [0.15, 0.2) is 0 Å². The molecule has 0 spiro atoms. The van der Waals surface area contributed by atoms with Crippen molar-refractivity contribution in [1.29, 1.82) is 0 Å². The van der Waals surface area contributed by atoms with Crippen molar-refractivity contribution in [1.82, 2.24) is 4.98 Å². The van der Waals surface area contributed by atoms with Crippen molar-refractivity contribution in [3.8, 4) is 0 Å². The minimum Gasteiger partial charge on any atom is -0.469 e. The Hall–Kier alpha value is -0.900. The van der Waals surface area contributed by atoms with E-state index in [9.17, 15) is 4.79 Å². The summed E-state index contributed by atoms with van der Waals surface area (Å²) < 4.78 is 5.67. The number of hydrogen-bond donors (Lipinski definition) is 0. The first-order chi connectivity index (χ1) is 8.05. The van der Waals surface area contributed by atoms with E-state index < -0.39 is 0 Å². The Kier molecular flexibility index (Phi) is 3.52. The topological polar surface area (TPSA) is 39.2 Å². The molecule has 17 heavy (non-hydrogen) atoms. The third kappa shape index (κ3) is 2.86. The number of pyridine rings is 1. The molecule has 1 heterocycles. The molecule has 1 aliphatic rings. The van der Waals surface area contributed by atoms with Gasteiger partial charge in [0.05, 0.1) is 7.11 Å². The molecule has 2 atom stereocenters. The molecule has 0 saturated heterocycles. The fourth-order valence-electron chi connectivity index (χ4n) is 2.23. The third-order valence-electron chi connectivity index (χ3n) is 3.59. The second kappa shape index (κ2) is 4.77. The smallest absolute Gasteiger partial charge is 0.305 e. The Morgan fingerprint density at radius 3 is 3.00 bits per heavy atom. The van der Waals surface area contributed by atoms with Crippen molar-refractivity contribution in [2.24, 2.45) is 5.41 Å². The van der Waals surface area contributed by atoms with E-state index in [1.54, 1.807) is 0 Å². The number of aromatic nitrogens is 1. The van der Waals surface area contributed by atoms with Gasteiger partial charge in [0.2, 0.25) is 0 Å². The number of hydrogen-bond acceptors (Lipinski definition) is 3. The molecule has 2 rings (SSSR count). The summed E-state index contributed by atoms with van der Waals surface area (Å²) in [7, 11) is 1.44. The van der Waals surface area contributed by atoms with E-state index in [1.165, 1.54) is 7.11 Å². The number of carbonyl (C=O) groups excluding carboxylic acids is 1. The standard InChI is InChI=1S/C13H16BrNO2/c1-13(6-5-12(16)17-2)7-10(13)11-4-3-9(14)8-15-11/h3-4,8,10H,5-7H2,1-2H3. The Labute approximate surface area is 110 Å². The first-order valence-corrected chi connectivity index (χ1v) is 6.53. The molecule has 0 aliphatic heterocycles. The molecule has 0 bridgehead atoms. The maximum Gasteiger partial charge on any atom is 0.305 e. The highest BCUT2D eigenvalue weighted by molar-refractivity contribution is 9.10. The summed E-state index contributed by atoms with van der Waals surface area (Å²) >= 11 is 3.38. The Bertz CT molecular complexity index is 418. The molecule has 1 aromatic heterocycles. The summed E-state index contributed by atoms with van der Waals surface area (Å²) in [5.41, 5.74) is 1.34. The molecule has 1 aliphatic carbocycles. The van der Waals surface area contributed by atoms with Gasteiger partial charge in [-0.15, -0.1) is 0 Å². The Balaban J connectivity index is 1.94. The van der Waals surface area contributed by atoms with Crippen LogP contribution in [0.3, 0.4) is 0 Å². The van der Waals surface area contributed by atoms with Crippen LogP contribution in [0.4, 0.5) is 0 Å². The fourth-order valence-corrected chi connectivity index (χ4v) is 2.46. The summed E-state index contributed by atoms with van der Waals surface area (Å²) in [6.45, 7) is 2.21. The molecular weight excluding hydrogens is 282 g/mol. The van der Waals surface area contributed by atoms with Gasteiger partial charge in [-0.25, -0.2) is 0 Å². The van der Waals surface area contributed by atoms with Crippen LogP contribution in [-0.2, 0) is 9.53 Å². The molecular formula is C13H16BrNO2.